The Morgan fingerprint density at radius 3 is 2.83 bits per heavy atom. The van der Waals surface area contributed by atoms with Gasteiger partial charge >= 0.3 is 0 Å². The van der Waals surface area contributed by atoms with Gasteiger partial charge in [0.05, 0.1) is 5.69 Å². The molecule has 18 heavy (non-hydrogen) atoms. The highest BCUT2D eigenvalue weighted by Crippen LogP contribution is 2.35. The molecule has 90 valence electrons. The molecule has 0 bridgehead atoms. The second kappa shape index (κ2) is 3.77. The van der Waals surface area contributed by atoms with E-state index in [1.54, 1.807) is 0 Å². The van der Waals surface area contributed by atoms with Crippen molar-refractivity contribution in [2.75, 3.05) is 6.79 Å². The molecule has 3 rings (SSSR count). The van der Waals surface area contributed by atoms with E-state index >= 15 is 0 Å². The summed E-state index contributed by atoms with van der Waals surface area (Å²) in [6.45, 7) is 2.13. The van der Waals surface area contributed by atoms with Crippen LogP contribution in [0.15, 0.2) is 18.2 Å². The van der Waals surface area contributed by atoms with E-state index < -0.39 is 0 Å². The van der Waals surface area contributed by atoms with Crippen LogP contribution in [0.5, 0.6) is 11.5 Å². The molecule has 1 aliphatic rings. The molecule has 0 radical (unpaired) electrons. The number of nitriles is 1. The molecule has 5 nitrogen and oxygen atoms in total. The first-order valence-corrected chi connectivity index (χ1v) is 5.54. The molecule has 1 aromatic carbocycles. The van der Waals surface area contributed by atoms with E-state index in [1.165, 1.54) is 0 Å². The highest BCUT2D eigenvalue weighted by molar-refractivity contribution is 5.63. The lowest BCUT2D eigenvalue weighted by molar-refractivity contribution is 0.174. The summed E-state index contributed by atoms with van der Waals surface area (Å²) in [5, 5.41) is 8.99. The maximum absolute atomic E-state index is 8.99. The molecule has 1 aromatic heterocycles. The number of nitrogens with zero attached hydrogens (tertiary/aromatic N) is 3. The van der Waals surface area contributed by atoms with Crippen molar-refractivity contribution in [2.45, 2.75) is 6.92 Å². The van der Waals surface area contributed by atoms with Gasteiger partial charge in [0, 0.05) is 12.6 Å². The minimum Gasteiger partial charge on any atom is -0.454 e. The monoisotopic (exact) mass is 241 g/mol. The lowest BCUT2D eigenvalue weighted by atomic mass is 10.2. The Kier molecular flexibility index (Phi) is 2.23. The molecule has 0 amide bonds. The Morgan fingerprint density at radius 1 is 1.33 bits per heavy atom. The zero-order chi connectivity index (χ0) is 12.7. The fourth-order valence-electron chi connectivity index (χ4n) is 1.98. The van der Waals surface area contributed by atoms with Crippen molar-refractivity contribution < 1.29 is 9.47 Å². The van der Waals surface area contributed by atoms with Gasteiger partial charge in [-0.25, -0.2) is 4.98 Å². The molecule has 0 saturated carbocycles. The van der Waals surface area contributed by atoms with E-state index in [-0.39, 0.29) is 6.79 Å². The van der Waals surface area contributed by atoms with Crippen molar-refractivity contribution in [2.24, 2.45) is 7.05 Å². The van der Waals surface area contributed by atoms with Gasteiger partial charge in [-0.15, -0.1) is 0 Å². The minimum absolute atomic E-state index is 0.252. The average Bonchev–Trinajstić information content (AvgIpc) is 2.95. The standard InChI is InChI=1S/C13H11N3O2/c1-8-10(6-14)15-13(16(8)2)9-3-4-11-12(5-9)18-7-17-11/h3-5H,7H2,1-2H3. The van der Waals surface area contributed by atoms with Gasteiger partial charge in [0.1, 0.15) is 11.9 Å². The van der Waals surface area contributed by atoms with Crippen molar-refractivity contribution in [1.29, 1.82) is 5.26 Å². The van der Waals surface area contributed by atoms with Gasteiger partial charge in [-0.2, -0.15) is 5.26 Å². The summed E-state index contributed by atoms with van der Waals surface area (Å²) in [5.41, 5.74) is 2.21. The Labute approximate surface area is 104 Å². The number of aromatic nitrogens is 2. The first-order valence-electron chi connectivity index (χ1n) is 5.54. The molecule has 2 heterocycles. The van der Waals surface area contributed by atoms with Crippen molar-refractivity contribution in [3.8, 4) is 29.0 Å². The third kappa shape index (κ3) is 1.43. The number of hydrogen-bond donors (Lipinski definition) is 0. The molecule has 0 N–H and O–H groups in total. The van der Waals surface area contributed by atoms with Crippen molar-refractivity contribution in [3.05, 3.63) is 29.6 Å². The van der Waals surface area contributed by atoms with Crippen LogP contribution in [-0.2, 0) is 7.05 Å². The number of hydrogen-bond acceptors (Lipinski definition) is 4. The van der Waals surface area contributed by atoms with Crippen molar-refractivity contribution in [1.82, 2.24) is 9.55 Å². The molecule has 0 spiro atoms. The molecule has 0 unspecified atom stereocenters. The maximum atomic E-state index is 8.99. The van der Waals surface area contributed by atoms with Crippen LogP contribution in [0, 0.1) is 18.3 Å². The predicted octanol–water partition coefficient (Wildman–Crippen LogP) is 2.00. The van der Waals surface area contributed by atoms with Gasteiger partial charge in [-0.05, 0) is 25.1 Å². The third-order valence-electron chi connectivity index (χ3n) is 3.12. The highest BCUT2D eigenvalue weighted by Gasteiger charge is 2.17. The lowest BCUT2D eigenvalue weighted by Crippen LogP contribution is -1.95. The van der Waals surface area contributed by atoms with E-state index in [2.05, 4.69) is 11.1 Å². The second-order valence-corrected chi connectivity index (χ2v) is 4.11. The molecule has 1 aliphatic heterocycles. The first-order chi connectivity index (χ1) is 8.70. The van der Waals surface area contributed by atoms with Gasteiger partial charge in [0.15, 0.2) is 17.2 Å². The van der Waals surface area contributed by atoms with Gasteiger partial charge in [0.2, 0.25) is 6.79 Å². The molecule has 0 aliphatic carbocycles. The van der Waals surface area contributed by atoms with Crippen LogP contribution in [0.3, 0.4) is 0 Å². The van der Waals surface area contributed by atoms with Crippen LogP contribution >= 0.6 is 0 Å². The zero-order valence-electron chi connectivity index (χ0n) is 10.1. The summed E-state index contributed by atoms with van der Waals surface area (Å²) < 4.78 is 12.5. The molecule has 2 aromatic rings. The Morgan fingerprint density at radius 2 is 2.11 bits per heavy atom. The Bertz CT molecular complexity index is 668. The summed E-state index contributed by atoms with van der Waals surface area (Å²) in [4.78, 5) is 4.33. The van der Waals surface area contributed by atoms with Crippen LogP contribution < -0.4 is 9.47 Å². The number of imidazole rings is 1. The van der Waals surface area contributed by atoms with Crippen molar-refractivity contribution >= 4 is 0 Å². The summed E-state index contributed by atoms with van der Waals surface area (Å²) in [5.74, 6) is 2.21. The third-order valence-corrected chi connectivity index (χ3v) is 3.12. The first kappa shape index (κ1) is 10.7. The lowest BCUT2D eigenvalue weighted by Gasteiger charge is -2.04. The van der Waals surface area contributed by atoms with Crippen LogP contribution in [0.2, 0.25) is 0 Å². The van der Waals surface area contributed by atoms with Gasteiger partial charge in [-0.3, -0.25) is 0 Å². The van der Waals surface area contributed by atoms with Gasteiger partial charge in [0.25, 0.3) is 0 Å². The van der Waals surface area contributed by atoms with Crippen molar-refractivity contribution in [3.63, 3.8) is 0 Å². The molecule has 0 atom stereocenters. The van der Waals surface area contributed by atoms with Crippen LogP contribution in [-0.4, -0.2) is 16.3 Å². The minimum atomic E-state index is 0.252. The molecule has 0 saturated heterocycles. The van der Waals surface area contributed by atoms with E-state index in [1.807, 2.05) is 36.7 Å². The molecular formula is C13H11N3O2. The topological polar surface area (TPSA) is 60.1 Å². The van der Waals surface area contributed by atoms with E-state index in [0.29, 0.717) is 11.4 Å². The predicted molar refractivity (Wildman–Crippen MR) is 64.2 cm³/mol. The number of rotatable bonds is 1. The molecule has 0 fully saturated rings. The SMILES string of the molecule is Cc1c(C#N)nc(-c2ccc3c(c2)OCO3)n1C. The number of benzene rings is 1. The summed E-state index contributed by atoms with van der Waals surface area (Å²) >= 11 is 0. The summed E-state index contributed by atoms with van der Waals surface area (Å²) in [6, 6.07) is 7.74. The average molecular weight is 241 g/mol. The smallest absolute Gasteiger partial charge is 0.231 e. The fraction of sp³-hybridized carbons (Fsp3) is 0.231. The summed E-state index contributed by atoms with van der Waals surface area (Å²) in [6.07, 6.45) is 0. The van der Waals surface area contributed by atoms with Gasteiger partial charge < -0.3 is 14.0 Å². The van der Waals surface area contributed by atoms with E-state index in [0.717, 1.165) is 22.8 Å². The van der Waals surface area contributed by atoms with Crippen LogP contribution in [0.4, 0.5) is 0 Å². The zero-order valence-corrected chi connectivity index (χ0v) is 10.1. The fourth-order valence-corrected chi connectivity index (χ4v) is 1.98. The largest absolute Gasteiger partial charge is 0.454 e. The number of fused-ring (bicyclic) bond motifs is 1. The number of ether oxygens (including phenoxy) is 2. The van der Waals surface area contributed by atoms with Gasteiger partial charge in [-0.1, -0.05) is 0 Å². The quantitative estimate of drug-likeness (QED) is 0.766. The molecule has 5 heteroatoms. The normalized spacial score (nSPS) is 12.5. The summed E-state index contributed by atoms with van der Waals surface area (Å²) in [7, 11) is 1.89. The second-order valence-electron chi connectivity index (χ2n) is 4.11. The Balaban J connectivity index is 2.13. The Hall–Kier alpha value is -2.48. The van der Waals surface area contributed by atoms with Crippen LogP contribution in [0.25, 0.3) is 11.4 Å². The molecular weight excluding hydrogens is 230 g/mol. The van der Waals surface area contributed by atoms with E-state index in [9.17, 15) is 0 Å². The maximum Gasteiger partial charge on any atom is 0.231 e. The highest BCUT2D eigenvalue weighted by atomic mass is 16.7. The van der Waals surface area contributed by atoms with E-state index in [4.69, 9.17) is 14.7 Å². The van der Waals surface area contributed by atoms with Crippen LogP contribution in [0.1, 0.15) is 11.4 Å².